The second-order valence-corrected chi connectivity index (χ2v) is 5.69. The lowest BCUT2D eigenvalue weighted by Gasteiger charge is -2.34. The standard InChI is InChI=1S/C16H15F2N5O2/c1-11(23-6-12(7-24)5-20-23)16(25,8-22-10-19-9-21-22)14-3-2-13(17)4-15(14)18/h2-7,9-11,25H,8H2,1H3/t11-,16-/m1/s1. The van der Waals surface area contributed by atoms with Gasteiger partial charge in [-0.25, -0.2) is 18.4 Å². The third-order valence-corrected chi connectivity index (χ3v) is 4.11. The Morgan fingerprint density at radius 2 is 2.16 bits per heavy atom. The molecule has 0 fully saturated rings. The number of aromatic nitrogens is 5. The smallest absolute Gasteiger partial charge is 0.153 e. The fourth-order valence-electron chi connectivity index (χ4n) is 2.69. The maximum absolute atomic E-state index is 14.4. The highest BCUT2D eigenvalue weighted by atomic mass is 19.1. The molecule has 0 aliphatic rings. The van der Waals surface area contributed by atoms with Crippen molar-refractivity contribution in [1.29, 1.82) is 0 Å². The van der Waals surface area contributed by atoms with Crippen LogP contribution in [-0.4, -0.2) is 35.9 Å². The first-order valence-electron chi connectivity index (χ1n) is 7.43. The van der Waals surface area contributed by atoms with E-state index in [0.717, 1.165) is 6.07 Å². The summed E-state index contributed by atoms with van der Waals surface area (Å²) in [6.45, 7) is 1.47. The summed E-state index contributed by atoms with van der Waals surface area (Å²) in [7, 11) is 0. The Bertz CT molecular complexity index is 881. The third kappa shape index (κ3) is 3.18. The van der Waals surface area contributed by atoms with Gasteiger partial charge in [0.1, 0.15) is 29.9 Å². The number of aliphatic hydroxyl groups is 1. The molecule has 25 heavy (non-hydrogen) atoms. The van der Waals surface area contributed by atoms with Crippen molar-refractivity contribution in [2.24, 2.45) is 0 Å². The number of aldehydes is 1. The molecule has 3 aromatic rings. The van der Waals surface area contributed by atoms with E-state index >= 15 is 0 Å². The molecule has 0 bridgehead atoms. The summed E-state index contributed by atoms with van der Waals surface area (Å²) in [5.74, 6) is -1.64. The van der Waals surface area contributed by atoms with Gasteiger partial charge in [0.05, 0.1) is 24.3 Å². The van der Waals surface area contributed by atoms with E-state index in [1.807, 2.05) is 0 Å². The Hall–Kier alpha value is -2.94. The number of rotatable bonds is 6. The molecule has 0 spiro atoms. The molecular formula is C16H15F2N5O2. The highest BCUT2D eigenvalue weighted by Gasteiger charge is 2.40. The second-order valence-electron chi connectivity index (χ2n) is 5.69. The molecule has 130 valence electrons. The monoisotopic (exact) mass is 347 g/mol. The Kier molecular flexibility index (Phi) is 4.41. The summed E-state index contributed by atoms with van der Waals surface area (Å²) in [6, 6.07) is 2.17. The van der Waals surface area contributed by atoms with Crippen LogP contribution in [0.2, 0.25) is 0 Å². The zero-order valence-electron chi connectivity index (χ0n) is 13.3. The van der Waals surface area contributed by atoms with E-state index in [2.05, 4.69) is 15.2 Å². The van der Waals surface area contributed by atoms with Gasteiger partial charge in [-0.05, 0) is 13.0 Å². The summed E-state index contributed by atoms with van der Waals surface area (Å²) >= 11 is 0. The number of carbonyl (C=O) groups excluding carboxylic acids is 1. The van der Waals surface area contributed by atoms with Crippen molar-refractivity contribution in [3.63, 3.8) is 0 Å². The van der Waals surface area contributed by atoms with Crippen molar-refractivity contribution >= 4 is 6.29 Å². The number of hydrogen-bond donors (Lipinski definition) is 1. The Balaban J connectivity index is 2.08. The first-order valence-corrected chi connectivity index (χ1v) is 7.43. The van der Waals surface area contributed by atoms with Gasteiger partial charge in [0.2, 0.25) is 0 Å². The van der Waals surface area contributed by atoms with Crippen LogP contribution in [0.1, 0.15) is 28.9 Å². The molecule has 0 radical (unpaired) electrons. The number of hydrogen-bond acceptors (Lipinski definition) is 5. The van der Waals surface area contributed by atoms with Gasteiger partial charge in [-0.2, -0.15) is 10.2 Å². The first kappa shape index (κ1) is 16.9. The minimum Gasteiger partial charge on any atom is -0.381 e. The number of nitrogens with zero attached hydrogens (tertiary/aromatic N) is 5. The molecule has 9 heteroatoms. The highest BCUT2D eigenvalue weighted by Crippen LogP contribution is 2.36. The van der Waals surface area contributed by atoms with Crippen molar-refractivity contribution in [3.05, 3.63) is 66.0 Å². The fourth-order valence-corrected chi connectivity index (χ4v) is 2.69. The molecule has 1 N–H and O–H groups in total. The second kappa shape index (κ2) is 6.52. The van der Waals surface area contributed by atoms with Gasteiger partial charge in [0, 0.05) is 17.8 Å². The van der Waals surface area contributed by atoms with E-state index in [0.29, 0.717) is 17.9 Å². The molecule has 2 aromatic heterocycles. The summed E-state index contributed by atoms with van der Waals surface area (Å²) in [5, 5.41) is 19.3. The Labute approximate surface area is 141 Å². The Morgan fingerprint density at radius 3 is 2.76 bits per heavy atom. The van der Waals surface area contributed by atoms with E-state index < -0.39 is 23.3 Å². The van der Waals surface area contributed by atoms with Crippen molar-refractivity contribution in [3.8, 4) is 0 Å². The van der Waals surface area contributed by atoms with E-state index in [-0.39, 0.29) is 12.1 Å². The van der Waals surface area contributed by atoms with Crippen LogP contribution in [0, 0.1) is 11.6 Å². The molecule has 2 heterocycles. The van der Waals surface area contributed by atoms with Crippen LogP contribution in [0.25, 0.3) is 0 Å². The van der Waals surface area contributed by atoms with Crippen LogP contribution in [0.15, 0.2) is 43.2 Å². The molecule has 7 nitrogen and oxygen atoms in total. The van der Waals surface area contributed by atoms with E-state index in [1.165, 1.54) is 40.5 Å². The summed E-state index contributed by atoms with van der Waals surface area (Å²) in [5.41, 5.74) is -1.62. The summed E-state index contributed by atoms with van der Waals surface area (Å²) in [6.07, 6.45) is 6.04. The number of carbonyl (C=O) groups is 1. The van der Waals surface area contributed by atoms with Crippen LogP contribution < -0.4 is 0 Å². The van der Waals surface area contributed by atoms with Crippen molar-refractivity contribution in [2.75, 3.05) is 0 Å². The molecule has 0 aliphatic carbocycles. The van der Waals surface area contributed by atoms with Crippen molar-refractivity contribution in [2.45, 2.75) is 25.1 Å². The van der Waals surface area contributed by atoms with Gasteiger partial charge < -0.3 is 5.11 Å². The van der Waals surface area contributed by atoms with Crippen LogP contribution in [0.3, 0.4) is 0 Å². The molecule has 2 atom stereocenters. The lowest BCUT2D eigenvalue weighted by Crippen LogP contribution is -2.40. The molecule has 1 aromatic carbocycles. The Morgan fingerprint density at radius 1 is 1.36 bits per heavy atom. The van der Waals surface area contributed by atoms with Gasteiger partial charge in [0.15, 0.2) is 6.29 Å². The molecule has 0 unspecified atom stereocenters. The topological polar surface area (TPSA) is 85.8 Å². The third-order valence-electron chi connectivity index (χ3n) is 4.11. The van der Waals surface area contributed by atoms with Crippen LogP contribution in [0.4, 0.5) is 8.78 Å². The fraction of sp³-hybridized carbons (Fsp3) is 0.250. The first-order chi connectivity index (χ1) is 11.9. The van der Waals surface area contributed by atoms with Gasteiger partial charge in [-0.1, -0.05) is 6.07 Å². The highest BCUT2D eigenvalue weighted by molar-refractivity contribution is 5.73. The lowest BCUT2D eigenvalue weighted by atomic mass is 9.86. The predicted molar refractivity (Wildman–Crippen MR) is 82.6 cm³/mol. The maximum Gasteiger partial charge on any atom is 0.153 e. The zero-order valence-corrected chi connectivity index (χ0v) is 13.3. The van der Waals surface area contributed by atoms with Gasteiger partial charge in [-0.3, -0.25) is 9.48 Å². The molecule has 3 rings (SSSR count). The minimum absolute atomic E-state index is 0.111. The normalized spacial score (nSPS) is 14.9. The van der Waals surface area contributed by atoms with Crippen molar-refractivity contribution in [1.82, 2.24) is 24.5 Å². The maximum atomic E-state index is 14.4. The molecule has 0 saturated carbocycles. The van der Waals surface area contributed by atoms with E-state index in [1.54, 1.807) is 6.92 Å². The quantitative estimate of drug-likeness (QED) is 0.686. The van der Waals surface area contributed by atoms with Gasteiger partial charge in [0.25, 0.3) is 0 Å². The average molecular weight is 347 g/mol. The zero-order chi connectivity index (χ0) is 18.0. The predicted octanol–water partition coefficient (Wildman–Crippen LogP) is 1.71. The molecular weight excluding hydrogens is 332 g/mol. The summed E-state index contributed by atoms with van der Waals surface area (Å²) < 4.78 is 30.4. The lowest BCUT2D eigenvalue weighted by molar-refractivity contribution is -0.0369. The van der Waals surface area contributed by atoms with E-state index in [9.17, 15) is 18.7 Å². The minimum atomic E-state index is -1.82. The SMILES string of the molecule is C[C@@H](n1cc(C=O)cn1)[C@](O)(Cn1cncn1)c1ccc(F)cc1F. The molecule has 0 aliphatic heterocycles. The van der Waals surface area contributed by atoms with Crippen LogP contribution >= 0.6 is 0 Å². The van der Waals surface area contributed by atoms with Gasteiger partial charge in [-0.15, -0.1) is 0 Å². The molecule has 0 saturated heterocycles. The van der Waals surface area contributed by atoms with Crippen LogP contribution in [-0.2, 0) is 12.1 Å². The summed E-state index contributed by atoms with van der Waals surface area (Å²) in [4.78, 5) is 14.7. The number of halogens is 2. The molecule has 0 amide bonds. The van der Waals surface area contributed by atoms with Crippen molar-refractivity contribution < 1.29 is 18.7 Å². The average Bonchev–Trinajstić information content (AvgIpc) is 3.25. The largest absolute Gasteiger partial charge is 0.381 e. The number of benzene rings is 1. The van der Waals surface area contributed by atoms with Gasteiger partial charge >= 0.3 is 0 Å². The van der Waals surface area contributed by atoms with E-state index in [4.69, 9.17) is 0 Å². The van der Waals surface area contributed by atoms with Crippen LogP contribution in [0.5, 0.6) is 0 Å².